The average molecular weight is 244 g/mol. The van der Waals surface area contributed by atoms with Crippen molar-refractivity contribution in [1.29, 1.82) is 0 Å². The van der Waals surface area contributed by atoms with Crippen LogP contribution in [0.15, 0.2) is 30.3 Å². The standard InChI is InChI=1S/C6H7O3P.C6H14/c7-10(8,9)6-4-2-1-3-5-6;1-3-5-6-4-2/h1-5H,(H2,7,8,9);3-6H2,1-2H3. The summed E-state index contributed by atoms with van der Waals surface area (Å²) in [4.78, 5) is 17.2. The van der Waals surface area contributed by atoms with Gasteiger partial charge in [0.25, 0.3) is 0 Å². The van der Waals surface area contributed by atoms with Crippen LogP contribution in [0.5, 0.6) is 0 Å². The average Bonchev–Trinajstić information content (AvgIpc) is 2.27. The van der Waals surface area contributed by atoms with Crippen molar-refractivity contribution in [3.05, 3.63) is 30.3 Å². The summed E-state index contributed by atoms with van der Waals surface area (Å²) in [5.41, 5.74) is 0. The minimum atomic E-state index is -4.02. The molecule has 0 aromatic heterocycles. The van der Waals surface area contributed by atoms with Crippen molar-refractivity contribution in [3.8, 4) is 0 Å². The normalized spacial score (nSPS) is 10.5. The third-order valence-corrected chi connectivity index (χ3v) is 3.02. The molecule has 1 rings (SSSR count). The van der Waals surface area contributed by atoms with Gasteiger partial charge in [-0.15, -0.1) is 0 Å². The lowest BCUT2D eigenvalue weighted by Gasteiger charge is -2.00. The maximum absolute atomic E-state index is 10.5. The first-order valence-electron chi connectivity index (χ1n) is 5.63. The summed E-state index contributed by atoms with van der Waals surface area (Å²) < 4.78 is 10.5. The van der Waals surface area contributed by atoms with E-state index in [1.54, 1.807) is 18.2 Å². The fraction of sp³-hybridized carbons (Fsp3) is 0.500. The first-order valence-corrected chi connectivity index (χ1v) is 7.24. The summed E-state index contributed by atoms with van der Waals surface area (Å²) in [5.74, 6) is 0. The SMILES string of the molecule is CCCCCC.O=P(O)(O)c1ccccc1. The van der Waals surface area contributed by atoms with E-state index in [1.165, 1.54) is 37.8 Å². The van der Waals surface area contributed by atoms with Crippen molar-refractivity contribution in [3.63, 3.8) is 0 Å². The topological polar surface area (TPSA) is 57.5 Å². The summed E-state index contributed by atoms with van der Waals surface area (Å²) in [6.45, 7) is 4.46. The quantitative estimate of drug-likeness (QED) is 0.632. The first-order chi connectivity index (χ1) is 7.52. The molecule has 0 amide bonds. The van der Waals surface area contributed by atoms with Crippen molar-refractivity contribution in [2.75, 3.05) is 0 Å². The van der Waals surface area contributed by atoms with Crippen molar-refractivity contribution < 1.29 is 14.4 Å². The maximum atomic E-state index is 10.5. The summed E-state index contributed by atoms with van der Waals surface area (Å²) in [7, 11) is -4.02. The lowest BCUT2D eigenvalue weighted by molar-refractivity contribution is 0.387. The molecule has 0 spiro atoms. The van der Waals surface area contributed by atoms with E-state index in [0.717, 1.165) is 0 Å². The maximum Gasteiger partial charge on any atom is 0.356 e. The van der Waals surface area contributed by atoms with Crippen LogP contribution in [-0.2, 0) is 4.57 Å². The molecule has 3 nitrogen and oxygen atoms in total. The molecular weight excluding hydrogens is 223 g/mol. The van der Waals surface area contributed by atoms with Gasteiger partial charge in [-0.25, -0.2) is 0 Å². The van der Waals surface area contributed by atoms with Crippen molar-refractivity contribution >= 4 is 12.9 Å². The van der Waals surface area contributed by atoms with Gasteiger partial charge in [-0.05, 0) is 12.1 Å². The molecule has 0 aliphatic carbocycles. The zero-order valence-electron chi connectivity index (χ0n) is 9.97. The zero-order chi connectivity index (χ0) is 12.4. The number of benzene rings is 1. The Hall–Kier alpha value is -0.630. The van der Waals surface area contributed by atoms with Crippen LogP contribution in [-0.4, -0.2) is 9.79 Å². The Balaban J connectivity index is 0.000000325. The lowest BCUT2D eigenvalue weighted by atomic mass is 10.2. The molecule has 0 radical (unpaired) electrons. The molecule has 1 aromatic carbocycles. The number of rotatable bonds is 4. The molecule has 0 atom stereocenters. The van der Waals surface area contributed by atoms with E-state index in [-0.39, 0.29) is 5.30 Å². The van der Waals surface area contributed by atoms with Crippen molar-refractivity contribution in [1.82, 2.24) is 0 Å². The Labute approximate surface area is 97.7 Å². The molecule has 0 aliphatic heterocycles. The van der Waals surface area contributed by atoms with Gasteiger partial charge in [-0.3, -0.25) is 4.57 Å². The summed E-state index contributed by atoms with van der Waals surface area (Å²) >= 11 is 0. The second kappa shape index (κ2) is 8.51. The Bertz CT molecular complexity index is 301. The van der Waals surface area contributed by atoms with Crippen LogP contribution in [0.4, 0.5) is 0 Å². The highest BCUT2D eigenvalue weighted by Gasteiger charge is 2.14. The highest BCUT2D eigenvalue weighted by atomic mass is 31.2. The first kappa shape index (κ1) is 15.4. The molecule has 16 heavy (non-hydrogen) atoms. The Morgan fingerprint density at radius 3 is 1.69 bits per heavy atom. The summed E-state index contributed by atoms with van der Waals surface area (Å²) in [6, 6.07) is 7.70. The second-order valence-corrected chi connectivity index (χ2v) is 5.19. The van der Waals surface area contributed by atoms with Gasteiger partial charge in [0.2, 0.25) is 0 Å². The highest BCUT2D eigenvalue weighted by Crippen LogP contribution is 2.32. The van der Waals surface area contributed by atoms with Crippen LogP contribution in [0, 0.1) is 0 Å². The molecule has 0 unspecified atom stereocenters. The van der Waals surface area contributed by atoms with Crippen LogP contribution >= 0.6 is 7.60 Å². The summed E-state index contributed by atoms with van der Waals surface area (Å²) in [6.07, 6.45) is 5.54. The second-order valence-electron chi connectivity index (χ2n) is 3.59. The fourth-order valence-electron chi connectivity index (χ4n) is 1.12. The molecular formula is C12H21O3P. The van der Waals surface area contributed by atoms with E-state index in [1.807, 2.05) is 0 Å². The molecule has 0 bridgehead atoms. The van der Waals surface area contributed by atoms with Gasteiger partial charge in [0.05, 0.1) is 5.30 Å². The largest absolute Gasteiger partial charge is 0.356 e. The van der Waals surface area contributed by atoms with Crippen LogP contribution in [0.1, 0.15) is 39.5 Å². The number of hydrogen-bond acceptors (Lipinski definition) is 1. The van der Waals surface area contributed by atoms with E-state index in [0.29, 0.717) is 0 Å². The molecule has 0 saturated heterocycles. The van der Waals surface area contributed by atoms with E-state index in [4.69, 9.17) is 9.79 Å². The van der Waals surface area contributed by atoms with Crippen molar-refractivity contribution in [2.24, 2.45) is 0 Å². The van der Waals surface area contributed by atoms with Crippen LogP contribution in [0.3, 0.4) is 0 Å². The minimum absolute atomic E-state index is 0.0648. The third-order valence-electron chi connectivity index (χ3n) is 2.05. The van der Waals surface area contributed by atoms with Crippen LogP contribution in [0.25, 0.3) is 0 Å². The van der Waals surface area contributed by atoms with Gasteiger partial charge in [-0.2, -0.15) is 0 Å². The molecule has 1 aromatic rings. The zero-order valence-corrected chi connectivity index (χ0v) is 10.9. The third kappa shape index (κ3) is 7.63. The Morgan fingerprint density at radius 2 is 1.44 bits per heavy atom. The molecule has 0 heterocycles. The van der Waals surface area contributed by atoms with E-state index in [2.05, 4.69) is 13.8 Å². The molecule has 92 valence electrons. The molecule has 4 heteroatoms. The number of hydrogen-bond donors (Lipinski definition) is 2. The molecule has 0 fully saturated rings. The van der Waals surface area contributed by atoms with E-state index in [9.17, 15) is 4.57 Å². The molecule has 0 saturated carbocycles. The smallest absolute Gasteiger partial charge is 0.321 e. The van der Waals surface area contributed by atoms with Crippen LogP contribution < -0.4 is 5.30 Å². The van der Waals surface area contributed by atoms with Gasteiger partial charge in [0.15, 0.2) is 0 Å². The molecule has 2 N–H and O–H groups in total. The summed E-state index contributed by atoms with van der Waals surface area (Å²) in [5, 5.41) is 0.0648. The Morgan fingerprint density at radius 1 is 1.00 bits per heavy atom. The fourth-order valence-corrected chi connectivity index (χ4v) is 1.68. The number of unbranched alkanes of at least 4 members (excludes halogenated alkanes) is 3. The van der Waals surface area contributed by atoms with Gasteiger partial charge in [0.1, 0.15) is 0 Å². The minimum Gasteiger partial charge on any atom is -0.321 e. The van der Waals surface area contributed by atoms with Gasteiger partial charge in [-0.1, -0.05) is 57.7 Å². The molecule has 0 aliphatic rings. The van der Waals surface area contributed by atoms with Gasteiger partial charge >= 0.3 is 7.60 Å². The van der Waals surface area contributed by atoms with Gasteiger partial charge < -0.3 is 9.79 Å². The monoisotopic (exact) mass is 244 g/mol. The lowest BCUT2D eigenvalue weighted by Crippen LogP contribution is -2.01. The van der Waals surface area contributed by atoms with Crippen LogP contribution in [0.2, 0.25) is 0 Å². The Kier molecular flexibility index (Phi) is 8.18. The van der Waals surface area contributed by atoms with E-state index >= 15 is 0 Å². The van der Waals surface area contributed by atoms with Gasteiger partial charge in [0, 0.05) is 0 Å². The highest BCUT2D eigenvalue weighted by molar-refractivity contribution is 7.60. The predicted molar refractivity (Wildman–Crippen MR) is 67.9 cm³/mol. The van der Waals surface area contributed by atoms with Crippen molar-refractivity contribution in [2.45, 2.75) is 39.5 Å². The van der Waals surface area contributed by atoms with E-state index < -0.39 is 7.60 Å². The predicted octanol–water partition coefficient (Wildman–Crippen LogP) is 3.08.